The molecule has 202 valence electrons. The summed E-state index contributed by atoms with van der Waals surface area (Å²) >= 11 is 0. The molecule has 0 unspecified atom stereocenters. The molecule has 2 N–H and O–H groups in total. The van der Waals surface area contributed by atoms with Crippen LogP contribution in [0.1, 0.15) is 20.8 Å². The molecular weight excluding hydrogens is 498 g/mol. The van der Waals surface area contributed by atoms with Gasteiger partial charge in [0.15, 0.2) is 5.82 Å². The second-order valence-corrected chi connectivity index (χ2v) is 10.2. The highest BCUT2D eigenvalue weighted by Gasteiger charge is 2.22. The molecule has 0 aliphatic carbocycles. The molecule has 39 heavy (non-hydrogen) atoms. The molecule has 0 atom stereocenters. The fraction of sp³-hybridized carbons (Fsp3) is 0.321. The average molecular weight is 530 g/mol. The van der Waals surface area contributed by atoms with Crippen molar-refractivity contribution >= 4 is 40.3 Å². The second kappa shape index (κ2) is 10.7. The third kappa shape index (κ3) is 5.99. The second-order valence-electron chi connectivity index (χ2n) is 10.2. The molecule has 11 heteroatoms. The molecule has 4 heterocycles. The van der Waals surface area contributed by atoms with Gasteiger partial charge >= 0.3 is 6.09 Å². The number of hydrogen-bond acceptors (Lipinski definition) is 9. The first-order valence-electron chi connectivity index (χ1n) is 12.7. The van der Waals surface area contributed by atoms with E-state index in [4.69, 9.17) is 9.47 Å². The van der Waals surface area contributed by atoms with Crippen molar-refractivity contribution in [2.45, 2.75) is 26.4 Å². The highest BCUT2D eigenvalue weighted by atomic mass is 16.6. The highest BCUT2D eigenvalue weighted by Crippen LogP contribution is 2.29. The van der Waals surface area contributed by atoms with Crippen LogP contribution in [0.4, 0.5) is 27.9 Å². The summed E-state index contributed by atoms with van der Waals surface area (Å²) in [6.45, 7) is 7.86. The zero-order valence-electron chi connectivity index (χ0n) is 22.4. The summed E-state index contributed by atoms with van der Waals surface area (Å²) in [6.07, 6.45) is 2.74. The lowest BCUT2D eigenvalue weighted by molar-refractivity contribution is 0.0636. The Morgan fingerprint density at radius 1 is 1.05 bits per heavy atom. The topological polar surface area (TPSA) is 124 Å². The number of pyridine rings is 2. The van der Waals surface area contributed by atoms with Gasteiger partial charge in [-0.05, 0) is 38.5 Å². The molecule has 0 bridgehead atoms. The third-order valence-electron chi connectivity index (χ3n) is 6.10. The van der Waals surface area contributed by atoms with E-state index < -0.39 is 11.7 Å². The zero-order chi connectivity index (χ0) is 27.6. The Kier molecular flexibility index (Phi) is 7.16. The fourth-order valence-corrected chi connectivity index (χ4v) is 4.32. The summed E-state index contributed by atoms with van der Waals surface area (Å²) < 4.78 is 12.4. The van der Waals surface area contributed by atoms with Crippen molar-refractivity contribution in [3.63, 3.8) is 0 Å². The van der Waals surface area contributed by atoms with Gasteiger partial charge in [-0.25, -0.2) is 14.8 Å². The number of nitrogens with zero attached hydrogens (tertiary/aromatic N) is 5. The van der Waals surface area contributed by atoms with Gasteiger partial charge in [0.05, 0.1) is 30.8 Å². The molecule has 1 amide bonds. The predicted molar refractivity (Wildman–Crippen MR) is 151 cm³/mol. The minimum atomic E-state index is -0.651. The number of amides is 1. The number of aryl methyl sites for hydroxylation is 1. The maximum atomic E-state index is 13.1. The molecule has 1 aliphatic rings. The van der Waals surface area contributed by atoms with E-state index in [1.54, 1.807) is 52.3 Å². The van der Waals surface area contributed by atoms with Crippen molar-refractivity contribution in [1.82, 2.24) is 19.5 Å². The number of carbonyl (C=O) groups excluding carboxylic acids is 1. The molecule has 0 radical (unpaired) electrons. The first-order chi connectivity index (χ1) is 18.7. The predicted octanol–water partition coefficient (Wildman–Crippen LogP) is 4.32. The largest absolute Gasteiger partial charge is 0.444 e. The number of carbonyl (C=O) groups is 1. The van der Waals surface area contributed by atoms with Crippen LogP contribution < -0.4 is 21.1 Å². The Labute approximate surface area is 225 Å². The van der Waals surface area contributed by atoms with Gasteiger partial charge in [0.1, 0.15) is 11.2 Å². The molecule has 1 fully saturated rings. The van der Waals surface area contributed by atoms with Crippen molar-refractivity contribution in [2.75, 3.05) is 41.8 Å². The molecule has 4 aromatic rings. The summed E-state index contributed by atoms with van der Waals surface area (Å²) in [5.41, 5.74) is 2.14. The number of benzene rings is 1. The third-order valence-corrected chi connectivity index (χ3v) is 6.10. The first kappa shape index (κ1) is 26.1. The van der Waals surface area contributed by atoms with E-state index in [9.17, 15) is 9.59 Å². The number of fused-ring (bicyclic) bond motifs is 1. The normalized spacial score (nSPS) is 13.8. The standard InChI is InChI=1S/C28H31N7O4/c1-28(2,3)39-27(37)32-22-15-20(17-29-24(22)35-10-12-38-13-11-35)31-26-30-16-19-14-21(18-8-6-5-7-9-18)25(36)34(4)23(19)33-26/h5-9,14-17H,10-13H2,1-4H3,(H,32,37)(H,30,31,33). The lowest BCUT2D eigenvalue weighted by Crippen LogP contribution is -2.37. The van der Waals surface area contributed by atoms with Crippen LogP contribution in [0.3, 0.4) is 0 Å². The number of anilines is 4. The maximum absolute atomic E-state index is 13.1. The summed E-state index contributed by atoms with van der Waals surface area (Å²) in [6, 6.07) is 13.1. The monoisotopic (exact) mass is 529 g/mol. The van der Waals surface area contributed by atoms with Gasteiger partial charge in [0, 0.05) is 37.3 Å². The molecule has 1 saturated heterocycles. The van der Waals surface area contributed by atoms with Crippen LogP contribution in [-0.2, 0) is 16.5 Å². The van der Waals surface area contributed by atoms with E-state index in [-0.39, 0.29) is 11.5 Å². The van der Waals surface area contributed by atoms with E-state index in [0.717, 1.165) is 10.9 Å². The molecule has 1 aromatic carbocycles. The van der Waals surface area contributed by atoms with Gasteiger partial charge in [-0.15, -0.1) is 0 Å². The van der Waals surface area contributed by atoms with Gasteiger partial charge in [0.2, 0.25) is 5.95 Å². The first-order valence-corrected chi connectivity index (χ1v) is 12.7. The van der Waals surface area contributed by atoms with Crippen molar-refractivity contribution in [3.05, 3.63) is 65.2 Å². The van der Waals surface area contributed by atoms with Crippen LogP contribution in [0.5, 0.6) is 0 Å². The Morgan fingerprint density at radius 3 is 2.51 bits per heavy atom. The summed E-state index contributed by atoms with van der Waals surface area (Å²) in [7, 11) is 1.69. The van der Waals surface area contributed by atoms with Crippen LogP contribution >= 0.6 is 0 Å². The molecule has 3 aromatic heterocycles. The van der Waals surface area contributed by atoms with Gasteiger partial charge in [0.25, 0.3) is 5.56 Å². The quantitative estimate of drug-likeness (QED) is 0.389. The summed E-state index contributed by atoms with van der Waals surface area (Å²) in [4.78, 5) is 41.4. The Hall–Kier alpha value is -4.51. The SMILES string of the molecule is Cn1c(=O)c(-c2ccccc2)cc2cnc(Nc3cnc(N4CCOCC4)c(NC(=O)OC(C)(C)C)c3)nc21. The Balaban J connectivity index is 1.46. The van der Waals surface area contributed by atoms with Crippen LogP contribution in [0, 0.1) is 0 Å². The van der Waals surface area contributed by atoms with Crippen molar-refractivity contribution in [3.8, 4) is 11.1 Å². The van der Waals surface area contributed by atoms with Crippen LogP contribution in [0.15, 0.2) is 59.7 Å². The number of morpholine rings is 1. The number of hydrogen-bond donors (Lipinski definition) is 2. The van der Waals surface area contributed by atoms with E-state index in [1.807, 2.05) is 35.2 Å². The average Bonchev–Trinajstić information content (AvgIpc) is 2.91. The number of ether oxygens (including phenoxy) is 2. The summed E-state index contributed by atoms with van der Waals surface area (Å²) in [5, 5.41) is 6.70. The molecule has 11 nitrogen and oxygen atoms in total. The number of aromatic nitrogens is 4. The molecule has 0 saturated carbocycles. The smallest absolute Gasteiger partial charge is 0.412 e. The fourth-order valence-electron chi connectivity index (χ4n) is 4.32. The van der Waals surface area contributed by atoms with Gasteiger partial charge in [-0.3, -0.25) is 14.7 Å². The van der Waals surface area contributed by atoms with Crippen LogP contribution in [0.25, 0.3) is 22.2 Å². The molecular formula is C28H31N7O4. The highest BCUT2D eigenvalue weighted by molar-refractivity contribution is 5.90. The zero-order valence-corrected chi connectivity index (χ0v) is 22.4. The summed E-state index contributed by atoms with van der Waals surface area (Å²) in [5.74, 6) is 0.902. The Bertz CT molecular complexity index is 1560. The van der Waals surface area contributed by atoms with Gasteiger partial charge in [-0.2, -0.15) is 4.98 Å². The van der Waals surface area contributed by atoms with Gasteiger partial charge in [-0.1, -0.05) is 30.3 Å². The van der Waals surface area contributed by atoms with E-state index >= 15 is 0 Å². The lowest BCUT2D eigenvalue weighted by Gasteiger charge is -2.30. The Morgan fingerprint density at radius 2 is 1.79 bits per heavy atom. The minimum Gasteiger partial charge on any atom is -0.444 e. The van der Waals surface area contributed by atoms with E-state index in [1.165, 1.54) is 4.57 Å². The maximum Gasteiger partial charge on any atom is 0.412 e. The van der Waals surface area contributed by atoms with Gasteiger partial charge < -0.3 is 19.7 Å². The van der Waals surface area contributed by atoms with Crippen LogP contribution in [0.2, 0.25) is 0 Å². The molecule has 1 aliphatic heterocycles. The van der Waals surface area contributed by atoms with Crippen molar-refractivity contribution in [1.29, 1.82) is 0 Å². The minimum absolute atomic E-state index is 0.154. The van der Waals surface area contributed by atoms with Crippen LogP contribution in [-0.4, -0.2) is 57.5 Å². The van der Waals surface area contributed by atoms with Crippen molar-refractivity contribution in [2.24, 2.45) is 7.05 Å². The molecule has 5 rings (SSSR count). The van der Waals surface area contributed by atoms with E-state index in [0.29, 0.717) is 54.7 Å². The van der Waals surface area contributed by atoms with E-state index in [2.05, 4.69) is 25.6 Å². The lowest BCUT2D eigenvalue weighted by atomic mass is 10.1. The number of nitrogens with one attached hydrogen (secondary N) is 2. The number of rotatable bonds is 5. The molecule has 0 spiro atoms. The van der Waals surface area contributed by atoms with Crippen molar-refractivity contribution < 1.29 is 14.3 Å².